The third-order valence-corrected chi connectivity index (χ3v) is 6.22. The standard InChI is InChI=1S/C27H35NO6S/c1-10-16-33-24-19(5)21(20-14-12-17(3)13-15-20)22(18(4)23(24)28-35(30,31)11-2)25(26(29)32-9)34-27(6,7)8/h10-15,25,28H,1-2,16H2,3-9H3/t25-/m0/s1. The van der Waals surface area contributed by atoms with Crippen molar-refractivity contribution in [2.24, 2.45) is 0 Å². The molecular formula is C27H35NO6S. The summed E-state index contributed by atoms with van der Waals surface area (Å²) in [6.45, 7) is 18.2. The Morgan fingerprint density at radius 2 is 1.69 bits per heavy atom. The van der Waals surface area contributed by atoms with Gasteiger partial charge in [-0.15, -0.1) is 0 Å². The molecule has 0 heterocycles. The summed E-state index contributed by atoms with van der Waals surface area (Å²) in [5, 5.41) is 0.816. The Morgan fingerprint density at radius 1 is 1.09 bits per heavy atom. The van der Waals surface area contributed by atoms with E-state index in [9.17, 15) is 13.2 Å². The number of rotatable bonds is 10. The molecule has 0 saturated carbocycles. The SMILES string of the molecule is C=CCOc1c(C)c(-c2ccc(C)cc2)c([C@H](OC(C)(C)C)C(=O)OC)c(C)c1NS(=O)(=O)C=C. The fraction of sp³-hybridized carbons (Fsp3) is 0.370. The van der Waals surface area contributed by atoms with Gasteiger partial charge in [0.1, 0.15) is 12.4 Å². The summed E-state index contributed by atoms with van der Waals surface area (Å²) in [6.07, 6.45) is 0.440. The number of carbonyl (C=O) groups is 1. The first-order valence-corrected chi connectivity index (χ1v) is 12.7. The van der Waals surface area contributed by atoms with Crippen molar-refractivity contribution in [3.8, 4) is 16.9 Å². The van der Waals surface area contributed by atoms with Crippen LogP contribution in [-0.4, -0.2) is 33.7 Å². The lowest BCUT2D eigenvalue weighted by Crippen LogP contribution is -2.29. The Morgan fingerprint density at radius 3 is 2.17 bits per heavy atom. The number of esters is 1. The first-order chi connectivity index (χ1) is 16.3. The largest absolute Gasteiger partial charge is 0.487 e. The van der Waals surface area contributed by atoms with Crippen LogP contribution in [-0.2, 0) is 24.3 Å². The van der Waals surface area contributed by atoms with Gasteiger partial charge in [-0.3, -0.25) is 4.72 Å². The molecule has 0 unspecified atom stereocenters. The topological polar surface area (TPSA) is 90.9 Å². The molecule has 35 heavy (non-hydrogen) atoms. The van der Waals surface area contributed by atoms with Gasteiger partial charge in [0.15, 0.2) is 6.10 Å². The van der Waals surface area contributed by atoms with E-state index in [0.717, 1.165) is 16.5 Å². The highest BCUT2D eigenvalue weighted by Crippen LogP contribution is 2.47. The van der Waals surface area contributed by atoms with Gasteiger partial charge in [0, 0.05) is 16.5 Å². The molecule has 0 aliphatic rings. The zero-order chi connectivity index (χ0) is 26.6. The molecule has 1 N–H and O–H groups in total. The Hall–Kier alpha value is -3.10. The van der Waals surface area contributed by atoms with Crippen molar-refractivity contribution in [1.29, 1.82) is 0 Å². The van der Waals surface area contributed by atoms with E-state index in [2.05, 4.69) is 17.9 Å². The Bertz CT molecular complexity index is 1210. The summed E-state index contributed by atoms with van der Waals surface area (Å²) in [7, 11) is -2.61. The van der Waals surface area contributed by atoms with Crippen molar-refractivity contribution in [3.05, 3.63) is 71.2 Å². The van der Waals surface area contributed by atoms with E-state index < -0.39 is 27.7 Å². The molecule has 0 saturated heterocycles. The number of aryl methyl sites for hydroxylation is 1. The van der Waals surface area contributed by atoms with Gasteiger partial charge >= 0.3 is 5.97 Å². The summed E-state index contributed by atoms with van der Waals surface area (Å²) < 4.78 is 44.9. The Kier molecular flexibility index (Phi) is 8.92. The number of ether oxygens (including phenoxy) is 3. The van der Waals surface area contributed by atoms with Crippen LogP contribution >= 0.6 is 0 Å². The minimum atomic E-state index is -3.89. The molecule has 0 aliphatic heterocycles. The quantitative estimate of drug-likeness (QED) is 0.329. The molecule has 0 aromatic heterocycles. The van der Waals surface area contributed by atoms with Gasteiger partial charge in [-0.05, 0) is 58.2 Å². The molecule has 2 rings (SSSR count). The third-order valence-electron chi connectivity index (χ3n) is 5.29. The van der Waals surface area contributed by atoms with Crippen LogP contribution in [0.2, 0.25) is 0 Å². The average molecular weight is 502 g/mol. The molecular weight excluding hydrogens is 466 g/mol. The van der Waals surface area contributed by atoms with E-state index in [-0.39, 0.29) is 12.3 Å². The average Bonchev–Trinajstić information content (AvgIpc) is 2.79. The first kappa shape index (κ1) is 28.1. The second kappa shape index (κ2) is 11.1. The maximum Gasteiger partial charge on any atom is 0.339 e. The highest BCUT2D eigenvalue weighted by atomic mass is 32.2. The number of anilines is 1. The molecule has 0 spiro atoms. The van der Waals surface area contributed by atoms with Crippen LogP contribution in [0.15, 0.2) is 48.9 Å². The highest BCUT2D eigenvalue weighted by Gasteiger charge is 2.35. The molecule has 190 valence electrons. The van der Waals surface area contributed by atoms with Gasteiger partial charge in [-0.25, -0.2) is 13.2 Å². The van der Waals surface area contributed by atoms with Crippen molar-refractivity contribution >= 4 is 21.7 Å². The zero-order valence-corrected chi connectivity index (χ0v) is 22.3. The number of hydrogen-bond donors (Lipinski definition) is 1. The van der Waals surface area contributed by atoms with Crippen molar-refractivity contribution in [3.63, 3.8) is 0 Å². The monoisotopic (exact) mass is 501 g/mol. The van der Waals surface area contributed by atoms with E-state index in [1.807, 2.05) is 58.9 Å². The van der Waals surface area contributed by atoms with E-state index in [1.165, 1.54) is 7.11 Å². The number of hydrogen-bond acceptors (Lipinski definition) is 6. The Balaban J connectivity index is 3.07. The summed E-state index contributed by atoms with van der Waals surface area (Å²) >= 11 is 0. The fourth-order valence-corrected chi connectivity index (χ4v) is 4.34. The number of nitrogens with one attached hydrogen (secondary N) is 1. The zero-order valence-electron chi connectivity index (χ0n) is 21.5. The smallest absolute Gasteiger partial charge is 0.339 e. The minimum Gasteiger partial charge on any atom is -0.487 e. The van der Waals surface area contributed by atoms with Gasteiger partial charge in [-0.1, -0.05) is 49.1 Å². The normalized spacial score (nSPS) is 12.5. The molecule has 0 radical (unpaired) electrons. The van der Waals surface area contributed by atoms with Crippen LogP contribution in [0.1, 0.15) is 49.1 Å². The minimum absolute atomic E-state index is 0.148. The fourth-order valence-electron chi connectivity index (χ4n) is 3.73. The number of sulfonamides is 1. The van der Waals surface area contributed by atoms with Gasteiger partial charge in [-0.2, -0.15) is 0 Å². The van der Waals surface area contributed by atoms with Crippen molar-refractivity contribution < 1.29 is 27.4 Å². The number of carbonyl (C=O) groups excluding carboxylic acids is 1. The molecule has 7 nitrogen and oxygen atoms in total. The molecule has 2 aromatic carbocycles. The predicted molar refractivity (Wildman–Crippen MR) is 140 cm³/mol. The molecule has 0 bridgehead atoms. The Labute approximate surface area is 208 Å². The number of methoxy groups -OCH3 is 1. The second-order valence-electron chi connectivity index (χ2n) is 9.16. The van der Waals surface area contributed by atoms with Gasteiger partial charge < -0.3 is 14.2 Å². The molecule has 2 aromatic rings. The van der Waals surface area contributed by atoms with E-state index in [1.54, 1.807) is 13.0 Å². The maximum atomic E-state index is 13.1. The van der Waals surface area contributed by atoms with Crippen LogP contribution in [0.4, 0.5) is 5.69 Å². The molecule has 0 amide bonds. The molecule has 0 fully saturated rings. The summed E-state index contributed by atoms with van der Waals surface area (Å²) in [5.74, 6) is -0.278. The van der Waals surface area contributed by atoms with Crippen LogP contribution in [0.5, 0.6) is 5.75 Å². The van der Waals surface area contributed by atoms with Crippen LogP contribution in [0.3, 0.4) is 0 Å². The maximum absolute atomic E-state index is 13.1. The molecule has 1 atom stereocenters. The first-order valence-electron chi connectivity index (χ1n) is 11.1. The van der Waals surface area contributed by atoms with Gasteiger partial charge in [0.05, 0.1) is 18.4 Å². The lowest BCUT2D eigenvalue weighted by Gasteiger charge is -2.31. The predicted octanol–water partition coefficient (Wildman–Crippen LogP) is 5.76. The van der Waals surface area contributed by atoms with E-state index >= 15 is 0 Å². The van der Waals surface area contributed by atoms with E-state index in [0.29, 0.717) is 28.0 Å². The van der Waals surface area contributed by atoms with E-state index in [4.69, 9.17) is 14.2 Å². The van der Waals surface area contributed by atoms with Crippen molar-refractivity contribution in [1.82, 2.24) is 0 Å². The lowest BCUT2D eigenvalue weighted by molar-refractivity contribution is -0.164. The third kappa shape index (κ3) is 6.74. The van der Waals surface area contributed by atoms with Crippen LogP contribution in [0, 0.1) is 20.8 Å². The highest BCUT2D eigenvalue weighted by molar-refractivity contribution is 7.95. The van der Waals surface area contributed by atoms with Gasteiger partial charge in [0.2, 0.25) is 0 Å². The summed E-state index contributed by atoms with van der Waals surface area (Å²) in [5.41, 5.74) is 3.66. The van der Waals surface area contributed by atoms with Crippen molar-refractivity contribution in [2.75, 3.05) is 18.4 Å². The van der Waals surface area contributed by atoms with Crippen LogP contribution < -0.4 is 9.46 Å². The van der Waals surface area contributed by atoms with Gasteiger partial charge in [0.25, 0.3) is 10.0 Å². The molecule has 8 heteroatoms. The molecule has 0 aliphatic carbocycles. The lowest BCUT2D eigenvalue weighted by atomic mass is 9.86. The number of benzene rings is 2. The van der Waals surface area contributed by atoms with Crippen LogP contribution in [0.25, 0.3) is 11.1 Å². The summed E-state index contributed by atoms with van der Waals surface area (Å²) in [4.78, 5) is 13.1. The van der Waals surface area contributed by atoms with Crippen molar-refractivity contribution in [2.45, 2.75) is 53.2 Å². The second-order valence-corrected chi connectivity index (χ2v) is 10.8. The summed E-state index contributed by atoms with van der Waals surface area (Å²) in [6, 6.07) is 7.81.